The molecular formula is C12H17ClN4OS. The van der Waals surface area contributed by atoms with E-state index in [9.17, 15) is 4.79 Å². The average Bonchev–Trinajstić information content (AvgIpc) is 2.97. The number of nitrogens with one attached hydrogen (secondary N) is 1. The standard InChI is InChI=1S/C12H16N4OS.ClH/c1-13-9-2-3-15(7-9)8-10-6-11(17)16-4-5-18-12(16)14-10;/h4-6,9,13H,2-3,7-8H2,1H3;1H. The average molecular weight is 301 g/mol. The summed E-state index contributed by atoms with van der Waals surface area (Å²) in [4.78, 5) is 19.5. The van der Waals surface area contributed by atoms with E-state index in [1.165, 1.54) is 11.3 Å². The molecule has 0 aromatic carbocycles. The molecule has 1 fully saturated rings. The van der Waals surface area contributed by atoms with Crippen molar-refractivity contribution >= 4 is 28.7 Å². The van der Waals surface area contributed by atoms with Gasteiger partial charge in [0.1, 0.15) is 0 Å². The van der Waals surface area contributed by atoms with E-state index < -0.39 is 0 Å². The van der Waals surface area contributed by atoms with Crippen LogP contribution in [0.5, 0.6) is 0 Å². The SMILES string of the molecule is CNC1CCN(Cc2cc(=O)n3ccsc3n2)C1.Cl. The highest BCUT2D eigenvalue weighted by atomic mass is 35.5. The van der Waals surface area contributed by atoms with Gasteiger partial charge in [-0.05, 0) is 13.5 Å². The molecule has 7 heteroatoms. The van der Waals surface area contributed by atoms with Crippen molar-refractivity contribution in [1.82, 2.24) is 19.6 Å². The Hall–Kier alpha value is -0.950. The summed E-state index contributed by atoms with van der Waals surface area (Å²) < 4.78 is 1.59. The first-order chi connectivity index (χ1) is 8.76. The number of fused-ring (bicyclic) bond motifs is 1. The molecule has 0 saturated carbocycles. The summed E-state index contributed by atoms with van der Waals surface area (Å²) in [5.74, 6) is 0. The van der Waals surface area contributed by atoms with Gasteiger partial charge in [0.25, 0.3) is 5.56 Å². The molecule has 1 unspecified atom stereocenters. The van der Waals surface area contributed by atoms with Crippen molar-refractivity contribution in [3.8, 4) is 0 Å². The van der Waals surface area contributed by atoms with E-state index in [1.54, 1.807) is 16.7 Å². The molecule has 1 aliphatic rings. The fraction of sp³-hybridized carbons (Fsp3) is 0.500. The second kappa shape index (κ2) is 6.00. The molecule has 19 heavy (non-hydrogen) atoms. The molecule has 1 atom stereocenters. The Balaban J connectivity index is 0.00000133. The van der Waals surface area contributed by atoms with Gasteiger partial charge in [0.15, 0.2) is 4.96 Å². The minimum Gasteiger partial charge on any atom is -0.316 e. The van der Waals surface area contributed by atoms with Gasteiger partial charge in [-0.2, -0.15) is 0 Å². The van der Waals surface area contributed by atoms with Crippen LogP contribution in [0, 0.1) is 0 Å². The Morgan fingerprint density at radius 1 is 1.58 bits per heavy atom. The fourth-order valence-electron chi connectivity index (χ4n) is 2.41. The lowest BCUT2D eigenvalue weighted by atomic mass is 10.3. The van der Waals surface area contributed by atoms with E-state index in [0.29, 0.717) is 6.04 Å². The Labute approximate surface area is 121 Å². The number of rotatable bonds is 3. The highest BCUT2D eigenvalue weighted by molar-refractivity contribution is 7.15. The lowest BCUT2D eigenvalue weighted by molar-refractivity contribution is 0.318. The molecule has 0 aliphatic carbocycles. The summed E-state index contributed by atoms with van der Waals surface area (Å²) in [6, 6.07) is 2.21. The minimum atomic E-state index is 0. The van der Waals surface area contributed by atoms with E-state index in [1.807, 2.05) is 12.4 Å². The Kier molecular flexibility index (Phi) is 4.57. The number of halogens is 1. The first-order valence-corrected chi connectivity index (χ1v) is 6.99. The first-order valence-electron chi connectivity index (χ1n) is 6.11. The molecule has 0 radical (unpaired) electrons. The van der Waals surface area contributed by atoms with Gasteiger partial charge in [-0.15, -0.1) is 23.7 Å². The van der Waals surface area contributed by atoms with E-state index >= 15 is 0 Å². The van der Waals surface area contributed by atoms with Crippen LogP contribution in [0.4, 0.5) is 0 Å². The topological polar surface area (TPSA) is 49.6 Å². The van der Waals surface area contributed by atoms with Gasteiger partial charge in [-0.3, -0.25) is 14.1 Å². The van der Waals surface area contributed by atoms with Crippen LogP contribution in [0.25, 0.3) is 4.96 Å². The van der Waals surface area contributed by atoms with Crippen molar-refractivity contribution < 1.29 is 0 Å². The van der Waals surface area contributed by atoms with Gasteiger partial charge in [0.2, 0.25) is 0 Å². The third kappa shape index (κ3) is 2.97. The summed E-state index contributed by atoms with van der Waals surface area (Å²) in [7, 11) is 2.00. The molecule has 3 rings (SSSR count). The third-order valence-corrected chi connectivity index (χ3v) is 4.18. The van der Waals surface area contributed by atoms with Crippen LogP contribution in [0.2, 0.25) is 0 Å². The Bertz CT molecular complexity index is 611. The van der Waals surface area contributed by atoms with Crippen molar-refractivity contribution in [2.45, 2.75) is 19.0 Å². The van der Waals surface area contributed by atoms with Crippen molar-refractivity contribution in [2.75, 3.05) is 20.1 Å². The maximum Gasteiger partial charge on any atom is 0.258 e. The second-order valence-electron chi connectivity index (χ2n) is 4.65. The molecule has 1 saturated heterocycles. The maximum absolute atomic E-state index is 11.9. The zero-order chi connectivity index (χ0) is 12.5. The van der Waals surface area contributed by atoms with Crippen LogP contribution in [-0.2, 0) is 6.54 Å². The van der Waals surface area contributed by atoms with E-state index in [0.717, 1.165) is 36.7 Å². The first kappa shape index (κ1) is 14.5. The fourth-order valence-corrected chi connectivity index (χ4v) is 3.15. The van der Waals surface area contributed by atoms with Crippen molar-refractivity contribution in [3.63, 3.8) is 0 Å². The van der Waals surface area contributed by atoms with Gasteiger partial charge in [0.05, 0.1) is 5.69 Å². The highest BCUT2D eigenvalue weighted by Crippen LogP contribution is 2.13. The van der Waals surface area contributed by atoms with E-state index in [4.69, 9.17) is 0 Å². The molecule has 1 N–H and O–H groups in total. The van der Waals surface area contributed by atoms with Crippen LogP contribution in [0.15, 0.2) is 22.4 Å². The largest absolute Gasteiger partial charge is 0.316 e. The zero-order valence-corrected chi connectivity index (χ0v) is 12.3. The van der Waals surface area contributed by atoms with Gasteiger partial charge < -0.3 is 5.32 Å². The number of thiazole rings is 1. The smallest absolute Gasteiger partial charge is 0.258 e. The molecule has 3 heterocycles. The van der Waals surface area contributed by atoms with Crippen molar-refractivity contribution in [2.24, 2.45) is 0 Å². The lowest BCUT2D eigenvalue weighted by Gasteiger charge is -2.15. The summed E-state index contributed by atoms with van der Waals surface area (Å²) in [6.07, 6.45) is 2.93. The molecular weight excluding hydrogens is 284 g/mol. The summed E-state index contributed by atoms with van der Waals surface area (Å²) in [5.41, 5.74) is 0.889. The molecule has 1 aliphatic heterocycles. The molecule has 2 aromatic rings. The molecule has 0 bridgehead atoms. The number of hydrogen-bond acceptors (Lipinski definition) is 5. The molecule has 0 spiro atoms. The highest BCUT2D eigenvalue weighted by Gasteiger charge is 2.21. The maximum atomic E-state index is 11.9. The van der Waals surface area contributed by atoms with Crippen molar-refractivity contribution in [1.29, 1.82) is 0 Å². The van der Waals surface area contributed by atoms with Crippen LogP contribution in [-0.4, -0.2) is 40.5 Å². The number of likely N-dealkylation sites (tertiary alicyclic amines) is 1. The van der Waals surface area contributed by atoms with Crippen molar-refractivity contribution in [3.05, 3.63) is 33.7 Å². The predicted molar refractivity (Wildman–Crippen MR) is 79.3 cm³/mol. The van der Waals surface area contributed by atoms with Crippen LogP contribution >= 0.6 is 23.7 Å². The van der Waals surface area contributed by atoms with Crippen LogP contribution in [0.3, 0.4) is 0 Å². The molecule has 2 aromatic heterocycles. The van der Waals surface area contributed by atoms with E-state index in [2.05, 4.69) is 15.2 Å². The minimum absolute atomic E-state index is 0. The number of nitrogens with zero attached hydrogens (tertiary/aromatic N) is 3. The molecule has 104 valence electrons. The van der Waals surface area contributed by atoms with Gasteiger partial charge in [0, 0.05) is 43.3 Å². The summed E-state index contributed by atoms with van der Waals surface area (Å²) in [5, 5.41) is 5.18. The molecule has 0 amide bonds. The normalized spacial score (nSPS) is 19.7. The van der Waals surface area contributed by atoms with Gasteiger partial charge in [-0.25, -0.2) is 4.98 Å². The predicted octanol–water partition coefficient (Wildman–Crippen LogP) is 0.972. The number of hydrogen-bond donors (Lipinski definition) is 1. The van der Waals surface area contributed by atoms with Gasteiger partial charge in [-0.1, -0.05) is 0 Å². The monoisotopic (exact) mass is 300 g/mol. The molecule has 5 nitrogen and oxygen atoms in total. The quantitative estimate of drug-likeness (QED) is 0.918. The Morgan fingerprint density at radius 3 is 3.16 bits per heavy atom. The van der Waals surface area contributed by atoms with E-state index in [-0.39, 0.29) is 18.0 Å². The zero-order valence-electron chi connectivity index (χ0n) is 10.7. The van der Waals surface area contributed by atoms with Gasteiger partial charge >= 0.3 is 0 Å². The number of aromatic nitrogens is 2. The third-order valence-electron chi connectivity index (χ3n) is 3.42. The number of likely N-dealkylation sites (N-methyl/N-ethyl adjacent to an activating group) is 1. The Morgan fingerprint density at radius 2 is 2.42 bits per heavy atom. The second-order valence-corrected chi connectivity index (χ2v) is 5.52. The lowest BCUT2D eigenvalue weighted by Crippen LogP contribution is -2.29. The van der Waals surface area contributed by atoms with Crippen LogP contribution < -0.4 is 10.9 Å². The summed E-state index contributed by atoms with van der Waals surface area (Å²) >= 11 is 1.50. The van der Waals surface area contributed by atoms with Crippen LogP contribution in [0.1, 0.15) is 12.1 Å². The summed E-state index contributed by atoms with van der Waals surface area (Å²) in [6.45, 7) is 2.86.